The summed E-state index contributed by atoms with van der Waals surface area (Å²) < 4.78 is 9.32. The SMILES string of the molecule is Nc1ncc(SNc2ccc3c(c2)B(O)OC3)s1. The molecule has 0 unspecified atom stereocenters. The van der Waals surface area contributed by atoms with E-state index in [1.807, 2.05) is 18.2 Å². The van der Waals surface area contributed by atoms with Crippen molar-refractivity contribution >= 4 is 46.7 Å². The third kappa shape index (κ3) is 2.32. The minimum absolute atomic E-state index is 0.468. The summed E-state index contributed by atoms with van der Waals surface area (Å²) >= 11 is 2.87. The van der Waals surface area contributed by atoms with E-state index in [0.29, 0.717) is 11.7 Å². The summed E-state index contributed by atoms with van der Waals surface area (Å²) in [6, 6.07) is 5.80. The normalized spacial score (nSPS) is 13.7. The molecule has 0 bridgehead atoms. The average molecular weight is 279 g/mol. The largest absolute Gasteiger partial charge is 0.491 e. The van der Waals surface area contributed by atoms with Crippen molar-refractivity contribution in [1.29, 1.82) is 0 Å². The van der Waals surface area contributed by atoms with E-state index >= 15 is 0 Å². The van der Waals surface area contributed by atoms with Crippen molar-refractivity contribution in [3.63, 3.8) is 0 Å². The van der Waals surface area contributed by atoms with Crippen molar-refractivity contribution in [2.24, 2.45) is 0 Å². The van der Waals surface area contributed by atoms with E-state index in [-0.39, 0.29) is 0 Å². The Kier molecular flexibility index (Phi) is 3.17. The minimum Gasteiger partial charge on any atom is -0.423 e. The van der Waals surface area contributed by atoms with Gasteiger partial charge >= 0.3 is 7.12 Å². The molecule has 2 aromatic rings. The maximum Gasteiger partial charge on any atom is 0.491 e. The lowest BCUT2D eigenvalue weighted by atomic mass is 9.79. The molecule has 18 heavy (non-hydrogen) atoms. The van der Waals surface area contributed by atoms with Gasteiger partial charge in [0.15, 0.2) is 5.13 Å². The van der Waals surface area contributed by atoms with Crippen molar-refractivity contribution in [3.8, 4) is 0 Å². The van der Waals surface area contributed by atoms with Gasteiger partial charge in [0.1, 0.15) is 4.21 Å². The highest BCUT2D eigenvalue weighted by Gasteiger charge is 2.27. The summed E-state index contributed by atoms with van der Waals surface area (Å²) in [5.41, 5.74) is 8.32. The van der Waals surface area contributed by atoms with Crippen LogP contribution in [0.3, 0.4) is 0 Å². The molecule has 1 aromatic heterocycles. The van der Waals surface area contributed by atoms with Crippen LogP contribution in [-0.2, 0) is 11.3 Å². The lowest BCUT2D eigenvalue weighted by Crippen LogP contribution is -2.28. The second kappa shape index (κ2) is 4.81. The molecule has 0 saturated carbocycles. The van der Waals surface area contributed by atoms with Crippen molar-refractivity contribution in [2.45, 2.75) is 10.8 Å². The molecular formula is C10H10BN3O2S2. The highest BCUT2D eigenvalue weighted by Crippen LogP contribution is 2.27. The van der Waals surface area contributed by atoms with Crippen molar-refractivity contribution in [1.82, 2.24) is 4.98 Å². The number of rotatable bonds is 3. The standard InChI is InChI=1S/C10H10BN3O2S2/c12-10-13-4-9(17-10)18-14-7-2-1-6-5-16-11(15)8(6)3-7/h1-4,14-15H,5H2,(H2,12,13). The first-order valence-electron chi connectivity index (χ1n) is 5.29. The summed E-state index contributed by atoms with van der Waals surface area (Å²) in [7, 11) is -0.814. The van der Waals surface area contributed by atoms with Gasteiger partial charge < -0.3 is 20.1 Å². The lowest BCUT2D eigenvalue weighted by Gasteiger charge is -2.05. The third-order valence-corrected chi connectivity index (χ3v) is 4.35. The van der Waals surface area contributed by atoms with E-state index in [1.54, 1.807) is 6.20 Å². The molecule has 1 aromatic carbocycles. The molecule has 8 heteroatoms. The Labute approximate surface area is 113 Å². The Morgan fingerprint density at radius 1 is 1.56 bits per heavy atom. The number of benzene rings is 1. The molecule has 0 aliphatic carbocycles. The summed E-state index contributed by atoms with van der Waals surface area (Å²) in [6.45, 7) is 0.468. The molecule has 2 heterocycles. The molecule has 3 rings (SSSR count). The number of fused-ring (bicyclic) bond motifs is 1. The first-order valence-corrected chi connectivity index (χ1v) is 6.92. The molecule has 1 aliphatic heterocycles. The number of nitrogens with two attached hydrogens (primary N) is 1. The molecule has 0 spiro atoms. The van der Waals surface area contributed by atoms with Gasteiger partial charge in [-0.2, -0.15) is 0 Å². The zero-order valence-corrected chi connectivity index (χ0v) is 10.9. The van der Waals surface area contributed by atoms with Gasteiger partial charge in [-0.1, -0.05) is 17.4 Å². The smallest absolute Gasteiger partial charge is 0.423 e. The monoisotopic (exact) mass is 279 g/mol. The minimum atomic E-state index is -0.814. The summed E-state index contributed by atoms with van der Waals surface area (Å²) in [5.74, 6) is 0. The fourth-order valence-corrected chi connectivity index (χ4v) is 3.12. The van der Waals surface area contributed by atoms with E-state index < -0.39 is 7.12 Å². The van der Waals surface area contributed by atoms with Crippen molar-refractivity contribution in [3.05, 3.63) is 30.0 Å². The molecule has 0 amide bonds. The fourth-order valence-electron chi connectivity index (χ4n) is 1.71. The van der Waals surface area contributed by atoms with E-state index in [0.717, 1.165) is 20.9 Å². The zero-order chi connectivity index (χ0) is 12.5. The highest BCUT2D eigenvalue weighted by molar-refractivity contribution is 8.02. The summed E-state index contributed by atoms with van der Waals surface area (Å²) in [5, 5.41) is 10.2. The van der Waals surface area contributed by atoms with Gasteiger partial charge in [-0.15, -0.1) is 0 Å². The second-order valence-electron chi connectivity index (χ2n) is 3.80. The van der Waals surface area contributed by atoms with Gasteiger partial charge in [0.05, 0.1) is 12.8 Å². The first-order chi connectivity index (χ1) is 8.72. The van der Waals surface area contributed by atoms with E-state index in [1.165, 1.54) is 23.3 Å². The van der Waals surface area contributed by atoms with Crippen molar-refractivity contribution < 1.29 is 9.68 Å². The van der Waals surface area contributed by atoms with E-state index in [2.05, 4.69) is 9.71 Å². The van der Waals surface area contributed by atoms with Gasteiger partial charge in [0.2, 0.25) is 0 Å². The highest BCUT2D eigenvalue weighted by atomic mass is 32.2. The quantitative estimate of drug-likeness (QED) is 0.576. The van der Waals surface area contributed by atoms with Gasteiger partial charge in [0.25, 0.3) is 0 Å². The number of nitrogens with zero attached hydrogens (tertiary/aromatic N) is 1. The van der Waals surface area contributed by atoms with Crippen LogP contribution in [0, 0.1) is 0 Å². The second-order valence-corrected chi connectivity index (χ2v) is 5.97. The molecular weight excluding hydrogens is 269 g/mol. The molecule has 5 nitrogen and oxygen atoms in total. The lowest BCUT2D eigenvalue weighted by molar-refractivity contribution is 0.275. The number of hydrogen-bond donors (Lipinski definition) is 3. The average Bonchev–Trinajstić information content (AvgIpc) is 2.94. The Balaban J connectivity index is 1.72. The Bertz CT molecular complexity index is 578. The molecule has 0 atom stereocenters. The fraction of sp³-hybridized carbons (Fsp3) is 0.100. The number of thiazole rings is 1. The summed E-state index contributed by atoms with van der Waals surface area (Å²) in [4.78, 5) is 3.97. The third-order valence-electron chi connectivity index (χ3n) is 2.58. The number of aromatic nitrogens is 1. The Hall–Kier alpha value is -1.22. The molecule has 0 radical (unpaired) electrons. The van der Waals surface area contributed by atoms with Crippen LogP contribution in [0.5, 0.6) is 0 Å². The Morgan fingerprint density at radius 2 is 2.44 bits per heavy atom. The van der Waals surface area contributed by atoms with Gasteiger partial charge in [-0.05, 0) is 35.1 Å². The number of nitrogens with one attached hydrogen (secondary N) is 1. The zero-order valence-electron chi connectivity index (χ0n) is 9.29. The van der Waals surface area contributed by atoms with Crippen LogP contribution < -0.4 is 15.9 Å². The first kappa shape index (κ1) is 11.9. The topological polar surface area (TPSA) is 80.4 Å². The molecule has 4 N–H and O–H groups in total. The van der Waals surface area contributed by atoms with Gasteiger partial charge in [-0.25, -0.2) is 4.98 Å². The van der Waals surface area contributed by atoms with Crippen LogP contribution in [0.25, 0.3) is 0 Å². The molecule has 0 fully saturated rings. The van der Waals surface area contributed by atoms with Crippen LogP contribution in [-0.4, -0.2) is 17.1 Å². The van der Waals surface area contributed by atoms with E-state index in [9.17, 15) is 5.02 Å². The van der Waals surface area contributed by atoms with Crippen LogP contribution in [0.2, 0.25) is 0 Å². The maximum atomic E-state index is 9.61. The molecule has 1 aliphatic rings. The van der Waals surface area contributed by atoms with Crippen molar-refractivity contribution in [2.75, 3.05) is 10.5 Å². The summed E-state index contributed by atoms with van der Waals surface area (Å²) in [6.07, 6.45) is 1.73. The predicted octanol–water partition coefficient (Wildman–Crippen LogP) is 1.06. The van der Waals surface area contributed by atoms with E-state index in [4.69, 9.17) is 10.4 Å². The van der Waals surface area contributed by atoms with Gasteiger partial charge in [0, 0.05) is 5.69 Å². The molecule has 92 valence electrons. The Morgan fingerprint density at radius 3 is 3.22 bits per heavy atom. The number of anilines is 2. The van der Waals surface area contributed by atoms with Crippen LogP contribution in [0.15, 0.2) is 28.6 Å². The van der Waals surface area contributed by atoms with Crippen LogP contribution in [0.1, 0.15) is 5.56 Å². The van der Waals surface area contributed by atoms with Crippen LogP contribution >= 0.6 is 23.3 Å². The molecule has 0 saturated heterocycles. The number of hydrogen-bond acceptors (Lipinski definition) is 7. The van der Waals surface area contributed by atoms with Gasteiger partial charge in [-0.3, -0.25) is 0 Å². The number of nitrogen functional groups attached to an aromatic ring is 1. The maximum absolute atomic E-state index is 9.61. The van der Waals surface area contributed by atoms with Crippen LogP contribution in [0.4, 0.5) is 10.8 Å². The predicted molar refractivity (Wildman–Crippen MR) is 74.8 cm³/mol.